The fraction of sp³-hybridized carbons (Fsp3) is 0.700. The second-order valence-corrected chi connectivity index (χ2v) is 9.69. The molecule has 3 rings (SSSR count). The molecule has 0 spiro atoms. The van der Waals surface area contributed by atoms with Gasteiger partial charge in [0.15, 0.2) is 9.84 Å². The van der Waals surface area contributed by atoms with E-state index in [2.05, 4.69) is 4.90 Å². The highest BCUT2D eigenvalue weighted by Gasteiger charge is 2.28. The van der Waals surface area contributed by atoms with Crippen molar-refractivity contribution in [2.24, 2.45) is 5.92 Å². The van der Waals surface area contributed by atoms with E-state index in [0.717, 1.165) is 30.7 Å². The summed E-state index contributed by atoms with van der Waals surface area (Å²) < 4.78 is 28.8. The zero-order valence-electron chi connectivity index (χ0n) is 15.3. The zero-order chi connectivity index (χ0) is 17.7. The van der Waals surface area contributed by atoms with Crippen LogP contribution in [0.4, 0.5) is 0 Å². The summed E-state index contributed by atoms with van der Waals surface area (Å²) in [5.41, 5.74) is 0. The molecule has 0 aliphatic heterocycles. The smallest absolute Gasteiger partial charge is 0.175 e. The second kappa shape index (κ2) is 8.54. The summed E-state index contributed by atoms with van der Waals surface area (Å²) in [5.74, 6) is 1.69. The molecule has 0 saturated heterocycles. The van der Waals surface area contributed by atoms with E-state index in [1.54, 1.807) is 24.3 Å². The topological polar surface area (TPSA) is 46.6 Å². The van der Waals surface area contributed by atoms with Crippen LogP contribution in [0.15, 0.2) is 29.2 Å². The minimum atomic E-state index is -3.14. The molecule has 4 nitrogen and oxygen atoms in total. The molecule has 2 aliphatic rings. The van der Waals surface area contributed by atoms with Crippen LogP contribution in [0.25, 0.3) is 0 Å². The lowest BCUT2D eigenvalue weighted by Crippen LogP contribution is -2.39. The van der Waals surface area contributed by atoms with Crippen LogP contribution >= 0.6 is 0 Å². The molecule has 2 saturated carbocycles. The van der Waals surface area contributed by atoms with Crippen LogP contribution < -0.4 is 4.74 Å². The van der Waals surface area contributed by atoms with Gasteiger partial charge in [-0.2, -0.15) is 0 Å². The van der Waals surface area contributed by atoms with Gasteiger partial charge in [0.2, 0.25) is 0 Å². The molecule has 1 aromatic rings. The summed E-state index contributed by atoms with van der Waals surface area (Å²) >= 11 is 0. The molecule has 0 radical (unpaired) electrons. The molecule has 140 valence electrons. The highest BCUT2D eigenvalue weighted by Crippen LogP contribution is 2.32. The van der Waals surface area contributed by atoms with Gasteiger partial charge in [-0.15, -0.1) is 0 Å². The van der Waals surface area contributed by atoms with E-state index in [1.807, 2.05) is 0 Å². The van der Waals surface area contributed by atoms with Crippen molar-refractivity contribution in [1.82, 2.24) is 4.90 Å². The third-order valence-corrected chi connectivity index (χ3v) is 6.52. The van der Waals surface area contributed by atoms with Gasteiger partial charge in [-0.25, -0.2) is 8.42 Å². The van der Waals surface area contributed by atoms with Crippen LogP contribution in [-0.2, 0) is 9.84 Å². The van der Waals surface area contributed by atoms with Crippen LogP contribution in [0.1, 0.15) is 51.4 Å². The van der Waals surface area contributed by atoms with Crippen LogP contribution in [-0.4, -0.2) is 45.3 Å². The largest absolute Gasteiger partial charge is 0.494 e. The Kier molecular flexibility index (Phi) is 6.39. The molecule has 2 aliphatic carbocycles. The molecule has 0 heterocycles. The lowest BCUT2D eigenvalue weighted by molar-refractivity contribution is 0.139. The fourth-order valence-electron chi connectivity index (χ4n) is 3.74. The summed E-state index contributed by atoms with van der Waals surface area (Å²) in [7, 11) is -3.14. The number of ether oxygens (including phenoxy) is 1. The molecule has 0 bridgehead atoms. The second-order valence-electron chi connectivity index (χ2n) is 7.68. The maximum absolute atomic E-state index is 11.5. The minimum Gasteiger partial charge on any atom is -0.494 e. The lowest BCUT2D eigenvalue weighted by Gasteiger charge is -2.34. The van der Waals surface area contributed by atoms with E-state index >= 15 is 0 Å². The first kappa shape index (κ1) is 18.7. The summed E-state index contributed by atoms with van der Waals surface area (Å²) in [6.45, 7) is 3.07. The summed E-state index contributed by atoms with van der Waals surface area (Å²) in [5, 5.41) is 0. The Morgan fingerprint density at radius 3 is 2.32 bits per heavy atom. The summed E-state index contributed by atoms with van der Waals surface area (Å²) in [4.78, 5) is 3.06. The van der Waals surface area contributed by atoms with Crippen molar-refractivity contribution < 1.29 is 13.2 Å². The Hall–Kier alpha value is -1.07. The van der Waals surface area contributed by atoms with E-state index in [1.165, 1.54) is 57.7 Å². The molecule has 0 atom stereocenters. The maximum Gasteiger partial charge on any atom is 0.175 e. The predicted molar refractivity (Wildman–Crippen MR) is 101 cm³/mol. The molecule has 0 N–H and O–H groups in total. The Bertz CT molecular complexity index is 631. The average Bonchev–Trinajstić information content (AvgIpc) is 3.42. The number of sulfone groups is 1. The number of hydrogen-bond acceptors (Lipinski definition) is 4. The van der Waals surface area contributed by atoms with Gasteiger partial charge in [-0.1, -0.05) is 19.3 Å². The van der Waals surface area contributed by atoms with E-state index in [-0.39, 0.29) is 0 Å². The molecule has 0 unspecified atom stereocenters. The van der Waals surface area contributed by atoms with E-state index < -0.39 is 9.84 Å². The molecule has 1 aromatic carbocycles. The first-order chi connectivity index (χ1) is 12.0. The van der Waals surface area contributed by atoms with Gasteiger partial charge in [-0.05, 0) is 62.3 Å². The van der Waals surface area contributed by atoms with Crippen LogP contribution in [0, 0.1) is 5.92 Å². The highest BCUT2D eigenvalue weighted by molar-refractivity contribution is 7.90. The Balaban J connectivity index is 1.43. The standard InChI is InChI=1S/C20H31NO3S/c1-25(22,23)20-12-10-19(11-13-20)24-15-5-14-21(16-17-8-9-17)18-6-3-2-4-7-18/h10-13,17-18H,2-9,14-16H2,1H3. The van der Waals surface area contributed by atoms with Gasteiger partial charge in [0.1, 0.15) is 5.75 Å². The molecular weight excluding hydrogens is 334 g/mol. The normalized spacial score (nSPS) is 19.3. The van der Waals surface area contributed by atoms with Crippen LogP contribution in [0.5, 0.6) is 5.75 Å². The molecular formula is C20H31NO3S. The van der Waals surface area contributed by atoms with Gasteiger partial charge >= 0.3 is 0 Å². The zero-order valence-corrected chi connectivity index (χ0v) is 16.1. The summed E-state index contributed by atoms with van der Waals surface area (Å²) in [6.07, 6.45) is 12.0. The van der Waals surface area contributed by atoms with E-state index in [9.17, 15) is 8.42 Å². The van der Waals surface area contributed by atoms with Crippen molar-refractivity contribution >= 4 is 9.84 Å². The Labute approximate surface area is 152 Å². The number of nitrogens with zero attached hydrogens (tertiary/aromatic N) is 1. The fourth-order valence-corrected chi connectivity index (χ4v) is 4.37. The van der Waals surface area contributed by atoms with Gasteiger partial charge in [0.05, 0.1) is 11.5 Å². The molecule has 5 heteroatoms. The van der Waals surface area contributed by atoms with Gasteiger partial charge in [0, 0.05) is 25.4 Å². The average molecular weight is 366 g/mol. The lowest BCUT2D eigenvalue weighted by atomic mass is 9.94. The van der Waals surface area contributed by atoms with Crippen molar-refractivity contribution in [2.45, 2.75) is 62.3 Å². The number of rotatable bonds is 9. The molecule has 0 aromatic heterocycles. The third kappa shape index (κ3) is 6.00. The van der Waals surface area contributed by atoms with Crippen molar-refractivity contribution in [2.75, 3.05) is 26.0 Å². The van der Waals surface area contributed by atoms with Crippen molar-refractivity contribution in [3.05, 3.63) is 24.3 Å². The van der Waals surface area contributed by atoms with Crippen molar-refractivity contribution in [3.8, 4) is 5.75 Å². The monoisotopic (exact) mass is 365 g/mol. The molecule has 2 fully saturated rings. The Morgan fingerprint density at radius 2 is 1.72 bits per heavy atom. The predicted octanol–water partition coefficient (Wildman–Crippen LogP) is 3.90. The first-order valence-corrected chi connectivity index (χ1v) is 11.6. The SMILES string of the molecule is CS(=O)(=O)c1ccc(OCCCN(CC2CC2)C2CCCCC2)cc1. The van der Waals surface area contributed by atoms with Crippen LogP contribution in [0.3, 0.4) is 0 Å². The highest BCUT2D eigenvalue weighted by atomic mass is 32.2. The maximum atomic E-state index is 11.5. The number of hydrogen-bond donors (Lipinski definition) is 0. The Morgan fingerprint density at radius 1 is 1.04 bits per heavy atom. The van der Waals surface area contributed by atoms with E-state index in [4.69, 9.17) is 4.74 Å². The van der Waals surface area contributed by atoms with Crippen molar-refractivity contribution in [1.29, 1.82) is 0 Å². The summed E-state index contributed by atoms with van der Waals surface area (Å²) in [6, 6.07) is 7.51. The van der Waals surface area contributed by atoms with Crippen molar-refractivity contribution in [3.63, 3.8) is 0 Å². The van der Waals surface area contributed by atoms with E-state index in [0.29, 0.717) is 11.5 Å². The molecule has 25 heavy (non-hydrogen) atoms. The first-order valence-electron chi connectivity index (χ1n) is 9.69. The van der Waals surface area contributed by atoms with Gasteiger partial charge < -0.3 is 4.74 Å². The van der Waals surface area contributed by atoms with Crippen LogP contribution in [0.2, 0.25) is 0 Å². The van der Waals surface area contributed by atoms with Gasteiger partial charge in [0.25, 0.3) is 0 Å². The minimum absolute atomic E-state index is 0.341. The number of benzene rings is 1. The molecule has 0 amide bonds. The third-order valence-electron chi connectivity index (χ3n) is 5.39. The quantitative estimate of drug-likeness (QED) is 0.623. The van der Waals surface area contributed by atoms with Gasteiger partial charge in [-0.3, -0.25) is 4.90 Å².